The number of aryl methyl sites for hydroxylation is 1. The first kappa shape index (κ1) is 18.1. The Bertz CT molecular complexity index is 689. The van der Waals surface area contributed by atoms with Crippen LogP contribution in [0.25, 0.3) is 0 Å². The van der Waals surface area contributed by atoms with Crippen LogP contribution in [-0.4, -0.2) is 19.1 Å². The third kappa shape index (κ3) is 5.78. The van der Waals surface area contributed by atoms with Gasteiger partial charge in [-0.05, 0) is 43.2 Å². The van der Waals surface area contributed by atoms with Crippen molar-refractivity contribution >= 4 is 28.9 Å². The number of nitrogens with one attached hydrogen (secondary N) is 2. The lowest BCUT2D eigenvalue weighted by Crippen LogP contribution is -2.21. The SMILES string of the molecule is CCCCOc1cccc(NC(=O)CNc2ccc(C)c(Cl)c2)c1. The largest absolute Gasteiger partial charge is 0.494 e. The van der Waals surface area contributed by atoms with Crippen molar-refractivity contribution < 1.29 is 9.53 Å². The molecule has 2 aromatic rings. The summed E-state index contributed by atoms with van der Waals surface area (Å²) in [6, 6.07) is 13.0. The number of anilines is 2. The minimum absolute atomic E-state index is 0.127. The van der Waals surface area contributed by atoms with Crippen molar-refractivity contribution in [2.24, 2.45) is 0 Å². The summed E-state index contributed by atoms with van der Waals surface area (Å²) in [4.78, 5) is 12.1. The summed E-state index contributed by atoms with van der Waals surface area (Å²) in [7, 11) is 0. The molecule has 5 heteroatoms. The van der Waals surface area contributed by atoms with Gasteiger partial charge in [0.15, 0.2) is 0 Å². The number of hydrogen-bond donors (Lipinski definition) is 2. The first-order chi connectivity index (χ1) is 11.6. The Labute approximate surface area is 148 Å². The van der Waals surface area contributed by atoms with Crippen molar-refractivity contribution in [2.45, 2.75) is 26.7 Å². The predicted octanol–water partition coefficient (Wildman–Crippen LogP) is 4.88. The molecule has 0 saturated carbocycles. The number of unbranched alkanes of at least 4 members (excludes halogenated alkanes) is 1. The molecule has 0 radical (unpaired) electrons. The average Bonchev–Trinajstić information content (AvgIpc) is 2.57. The number of ether oxygens (including phenoxy) is 1. The van der Waals surface area contributed by atoms with Crippen molar-refractivity contribution in [3.63, 3.8) is 0 Å². The maximum absolute atomic E-state index is 12.1. The Balaban J connectivity index is 1.85. The van der Waals surface area contributed by atoms with Crippen LogP contribution in [0.4, 0.5) is 11.4 Å². The number of halogens is 1. The van der Waals surface area contributed by atoms with E-state index in [4.69, 9.17) is 16.3 Å². The number of benzene rings is 2. The van der Waals surface area contributed by atoms with E-state index in [0.717, 1.165) is 35.5 Å². The van der Waals surface area contributed by atoms with Crippen LogP contribution in [0.3, 0.4) is 0 Å². The highest BCUT2D eigenvalue weighted by Crippen LogP contribution is 2.20. The molecule has 0 unspecified atom stereocenters. The predicted molar refractivity (Wildman–Crippen MR) is 100 cm³/mol. The lowest BCUT2D eigenvalue weighted by molar-refractivity contribution is -0.114. The summed E-state index contributed by atoms with van der Waals surface area (Å²) < 4.78 is 5.64. The quantitative estimate of drug-likeness (QED) is 0.670. The molecule has 0 aromatic heterocycles. The smallest absolute Gasteiger partial charge is 0.243 e. The number of amides is 1. The van der Waals surface area contributed by atoms with Crippen LogP contribution in [0.2, 0.25) is 5.02 Å². The van der Waals surface area contributed by atoms with Gasteiger partial charge in [0.25, 0.3) is 0 Å². The zero-order valence-corrected chi connectivity index (χ0v) is 14.8. The summed E-state index contributed by atoms with van der Waals surface area (Å²) in [5.41, 5.74) is 2.54. The van der Waals surface area contributed by atoms with Crippen LogP contribution in [0.1, 0.15) is 25.3 Å². The third-order valence-electron chi connectivity index (χ3n) is 3.51. The number of rotatable bonds is 8. The van der Waals surface area contributed by atoms with Gasteiger partial charge >= 0.3 is 0 Å². The Morgan fingerprint density at radius 2 is 2.00 bits per heavy atom. The topological polar surface area (TPSA) is 50.4 Å². The highest BCUT2D eigenvalue weighted by atomic mass is 35.5. The molecule has 2 N–H and O–H groups in total. The summed E-state index contributed by atoms with van der Waals surface area (Å²) in [6.07, 6.45) is 2.10. The fourth-order valence-corrected chi connectivity index (χ4v) is 2.27. The summed E-state index contributed by atoms with van der Waals surface area (Å²) in [6.45, 7) is 4.91. The zero-order valence-electron chi connectivity index (χ0n) is 14.1. The highest BCUT2D eigenvalue weighted by Gasteiger charge is 2.04. The second-order valence-corrected chi connectivity index (χ2v) is 6.00. The normalized spacial score (nSPS) is 10.3. The van der Waals surface area contributed by atoms with E-state index in [1.165, 1.54) is 0 Å². The van der Waals surface area contributed by atoms with E-state index >= 15 is 0 Å². The van der Waals surface area contributed by atoms with Gasteiger partial charge in [0.05, 0.1) is 13.2 Å². The molecule has 128 valence electrons. The van der Waals surface area contributed by atoms with Crippen molar-refractivity contribution in [1.29, 1.82) is 0 Å². The van der Waals surface area contributed by atoms with E-state index in [9.17, 15) is 4.79 Å². The third-order valence-corrected chi connectivity index (χ3v) is 3.92. The van der Waals surface area contributed by atoms with Gasteiger partial charge in [-0.2, -0.15) is 0 Å². The standard InChI is InChI=1S/C19H23ClN2O2/c1-3-4-10-24-17-7-5-6-16(11-17)22-19(23)13-21-15-9-8-14(2)18(20)12-15/h5-9,11-12,21H,3-4,10,13H2,1-2H3,(H,22,23). The van der Waals surface area contributed by atoms with Gasteiger partial charge in [0.1, 0.15) is 5.75 Å². The van der Waals surface area contributed by atoms with Gasteiger partial charge in [-0.1, -0.05) is 37.1 Å². The fraction of sp³-hybridized carbons (Fsp3) is 0.316. The number of hydrogen-bond acceptors (Lipinski definition) is 3. The lowest BCUT2D eigenvalue weighted by atomic mass is 10.2. The van der Waals surface area contributed by atoms with Crippen molar-refractivity contribution in [3.8, 4) is 5.75 Å². The van der Waals surface area contributed by atoms with E-state index in [1.807, 2.05) is 49.4 Å². The first-order valence-corrected chi connectivity index (χ1v) is 8.49. The lowest BCUT2D eigenvalue weighted by Gasteiger charge is -2.10. The van der Waals surface area contributed by atoms with Crippen LogP contribution >= 0.6 is 11.6 Å². The van der Waals surface area contributed by atoms with Crippen LogP contribution in [0, 0.1) is 6.92 Å². The molecule has 0 aliphatic heterocycles. The fourth-order valence-electron chi connectivity index (χ4n) is 2.09. The highest BCUT2D eigenvalue weighted by molar-refractivity contribution is 6.31. The minimum Gasteiger partial charge on any atom is -0.494 e. The minimum atomic E-state index is -0.127. The molecule has 0 fully saturated rings. The molecule has 0 aliphatic carbocycles. The van der Waals surface area contributed by atoms with Crippen LogP contribution in [0.15, 0.2) is 42.5 Å². The van der Waals surface area contributed by atoms with Gasteiger partial charge in [-0.25, -0.2) is 0 Å². The van der Waals surface area contributed by atoms with Gasteiger partial charge < -0.3 is 15.4 Å². The summed E-state index contributed by atoms with van der Waals surface area (Å²) >= 11 is 6.07. The summed E-state index contributed by atoms with van der Waals surface area (Å²) in [5.74, 6) is 0.636. The molecule has 0 aliphatic rings. The molecule has 0 bridgehead atoms. The van der Waals surface area contributed by atoms with Gasteiger partial charge in [-0.15, -0.1) is 0 Å². The molecular formula is C19H23ClN2O2. The van der Waals surface area contributed by atoms with Crippen LogP contribution < -0.4 is 15.4 Å². The molecule has 2 rings (SSSR count). The Morgan fingerprint density at radius 1 is 1.17 bits per heavy atom. The second kappa shape index (κ2) is 9.18. The molecule has 0 saturated heterocycles. The van der Waals surface area contributed by atoms with Crippen molar-refractivity contribution in [2.75, 3.05) is 23.8 Å². The van der Waals surface area contributed by atoms with E-state index in [-0.39, 0.29) is 12.5 Å². The summed E-state index contributed by atoms with van der Waals surface area (Å²) in [5, 5.41) is 6.59. The van der Waals surface area contributed by atoms with Crippen LogP contribution in [-0.2, 0) is 4.79 Å². The maximum Gasteiger partial charge on any atom is 0.243 e. The monoisotopic (exact) mass is 346 g/mol. The van der Waals surface area contributed by atoms with Gasteiger partial charge in [0.2, 0.25) is 5.91 Å². The average molecular weight is 347 g/mol. The van der Waals surface area contributed by atoms with E-state index in [1.54, 1.807) is 0 Å². The molecular weight excluding hydrogens is 324 g/mol. The van der Waals surface area contributed by atoms with Gasteiger partial charge in [-0.3, -0.25) is 4.79 Å². The number of carbonyl (C=O) groups is 1. The number of carbonyl (C=O) groups excluding carboxylic acids is 1. The molecule has 2 aromatic carbocycles. The molecule has 24 heavy (non-hydrogen) atoms. The maximum atomic E-state index is 12.1. The molecule has 4 nitrogen and oxygen atoms in total. The molecule has 0 atom stereocenters. The molecule has 1 amide bonds. The van der Waals surface area contributed by atoms with Crippen molar-refractivity contribution in [3.05, 3.63) is 53.1 Å². The Kier molecular flexibility index (Phi) is 6.94. The van der Waals surface area contributed by atoms with E-state index < -0.39 is 0 Å². The first-order valence-electron chi connectivity index (χ1n) is 8.11. The van der Waals surface area contributed by atoms with Gasteiger partial charge in [0, 0.05) is 22.5 Å². The van der Waals surface area contributed by atoms with Crippen molar-refractivity contribution in [1.82, 2.24) is 0 Å². The Morgan fingerprint density at radius 3 is 2.75 bits per heavy atom. The Hall–Kier alpha value is -2.20. The molecule has 0 heterocycles. The molecule has 0 spiro atoms. The van der Waals surface area contributed by atoms with Crippen LogP contribution in [0.5, 0.6) is 5.75 Å². The second-order valence-electron chi connectivity index (χ2n) is 5.60. The van der Waals surface area contributed by atoms with E-state index in [2.05, 4.69) is 17.6 Å². The van der Waals surface area contributed by atoms with E-state index in [0.29, 0.717) is 11.6 Å². The zero-order chi connectivity index (χ0) is 17.4.